The topological polar surface area (TPSA) is 75.9 Å². The number of aromatic nitrogens is 6. The van der Waals surface area contributed by atoms with Gasteiger partial charge in [-0.15, -0.1) is 0 Å². The summed E-state index contributed by atoms with van der Waals surface area (Å²) in [6, 6.07) is 0. The van der Waals surface area contributed by atoms with Crippen LogP contribution in [0.15, 0.2) is 19.0 Å². The van der Waals surface area contributed by atoms with Crippen molar-refractivity contribution in [2.45, 2.75) is 26.2 Å². The summed E-state index contributed by atoms with van der Waals surface area (Å²) in [7, 11) is 3.87. The maximum absolute atomic E-state index is 14.5. The van der Waals surface area contributed by atoms with Gasteiger partial charge in [0.25, 0.3) is 0 Å². The first-order valence-corrected chi connectivity index (χ1v) is 9.66. The van der Waals surface area contributed by atoms with Crippen LogP contribution in [0.1, 0.15) is 25.5 Å². The van der Waals surface area contributed by atoms with Crippen molar-refractivity contribution in [2.75, 3.05) is 36.5 Å². The molecule has 4 rings (SSSR count). The summed E-state index contributed by atoms with van der Waals surface area (Å²) in [5.41, 5.74) is 2.16. The van der Waals surface area contributed by atoms with E-state index in [0.717, 1.165) is 49.5 Å². The number of rotatable bonds is 5. The van der Waals surface area contributed by atoms with Crippen molar-refractivity contribution in [2.24, 2.45) is 13.0 Å². The van der Waals surface area contributed by atoms with Gasteiger partial charge in [0.1, 0.15) is 18.2 Å². The molecule has 0 N–H and O–H groups in total. The maximum atomic E-state index is 14.5. The maximum Gasteiger partial charge on any atom is 0.187 e. The molecule has 0 saturated carbocycles. The number of halogens is 1. The largest absolute Gasteiger partial charge is 0.357 e. The predicted octanol–water partition coefficient (Wildman–Crippen LogP) is 2.21. The van der Waals surface area contributed by atoms with Crippen LogP contribution in [0, 0.1) is 11.7 Å². The third-order valence-corrected chi connectivity index (χ3v) is 5.48. The van der Waals surface area contributed by atoms with Crippen molar-refractivity contribution in [1.29, 1.82) is 0 Å². The lowest BCUT2D eigenvalue weighted by molar-refractivity contribution is 0.405. The Balaban J connectivity index is 1.42. The van der Waals surface area contributed by atoms with E-state index in [-0.39, 0.29) is 5.82 Å². The summed E-state index contributed by atoms with van der Waals surface area (Å²) < 4.78 is 16.5. The van der Waals surface area contributed by atoms with Crippen LogP contribution in [0.4, 0.5) is 16.0 Å². The monoisotopic (exact) mass is 384 g/mol. The Labute approximate surface area is 163 Å². The van der Waals surface area contributed by atoms with E-state index in [1.54, 1.807) is 12.7 Å². The molecule has 0 aliphatic carbocycles. The van der Waals surface area contributed by atoms with Gasteiger partial charge in [-0.2, -0.15) is 0 Å². The average Bonchev–Trinajstić information content (AvgIpc) is 3.10. The van der Waals surface area contributed by atoms with Crippen molar-refractivity contribution in [1.82, 2.24) is 29.5 Å². The molecule has 0 spiro atoms. The van der Waals surface area contributed by atoms with E-state index in [1.807, 2.05) is 30.5 Å². The van der Waals surface area contributed by atoms with Gasteiger partial charge < -0.3 is 14.4 Å². The summed E-state index contributed by atoms with van der Waals surface area (Å²) in [5.74, 6) is 1.50. The SMILES string of the molecule is CCc1ncnc(N(C)CC2CCN(c3ncnc4ncn(C)c34)CC2)c1F. The molecule has 0 amide bonds. The predicted molar refractivity (Wildman–Crippen MR) is 106 cm³/mol. The molecule has 148 valence electrons. The van der Waals surface area contributed by atoms with Gasteiger partial charge in [0.15, 0.2) is 23.1 Å². The molecule has 4 heterocycles. The third-order valence-electron chi connectivity index (χ3n) is 5.48. The molecule has 0 aromatic carbocycles. The number of aryl methyl sites for hydroxylation is 2. The minimum absolute atomic E-state index is 0.301. The lowest BCUT2D eigenvalue weighted by atomic mass is 9.96. The highest BCUT2D eigenvalue weighted by Crippen LogP contribution is 2.28. The number of hydrogen-bond acceptors (Lipinski definition) is 7. The van der Waals surface area contributed by atoms with Crippen molar-refractivity contribution in [3.63, 3.8) is 0 Å². The van der Waals surface area contributed by atoms with Crippen LogP contribution in [-0.4, -0.2) is 56.2 Å². The lowest BCUT2D eigenvalue weighted by Gasteiger charge is -2.35. The Hall–Kier alpha value is -2.84. The second-order valence-electron chi connectivity index (χ2n) is 7.35. The molecule has 0 radical (unpaired) electrons. The van der Waals surface area contributed by atoms with Gasteiger partial charge in [0, 0.05) is 33.7 Å². The van der Waals surface area contributed by atoms with Gasteiger partial charge in [-0.25, -0.2) is 29.3 Å². The van der Waals surface area contributed by atoms with Crippen molar-refractivity contribution >= 4 is 22.8 Å². The minimum atomic E-state index is -0.301. The fraction of sp³-hybridized carbons (Fsp3) is 0.526. The van der Waals surface area contributed by atoms with E-state index in [4.69, 9.17) is 0 Å². The zero-order valence-electron chi connectivity index (χ0n) is 16.5. The molecule has 0 bridgehead atoms. The molecular weight excluding hydrogens is 359 g/mol. The fourth-order valence-corrected chi connectivity index (χ4v) is 3.91. The molecule has 0 atom stereocenters. The van der Waals surface area contributed by atoms with Gasteiger partial charge in [0.05, 0.1) is 12.0 Å². The number of piperidine rings is 1. The second-order valence-corrected chi connectivity index (χ2v) is 7.35. The van der Waals surface area contributed by atoms with Crippen molar-refractivity contribution in [3.8, 4) is 0 Å². The minimum Gasteiger partial charge on any atom is -0.357 e. The highest BCUT2D eigenvalue weighted by Gasteiger charge is 2.25. The summed E-state index contributed by atoms with van der Waals surface area (Å²) in [4.78, 5) is 25.4. The molecule has 9 heteroatoms. The van der Waals surface area contributed by atoms with Crippen molar-refractivity contribution < 1.29 is 4.39 Å². The van der Waals surface area contributed by atoms with Crippen LogP contribution < -0.4 is 9.80 Å². The van der Waals surface area contributed by atoms with Crippen molar-refractivity contribution in [3.05, 3.63) is 30.5 Å². The number of anilines is 2. The van der Waals surface area contributed by atoms with Crippen LogP contribution in [0.5, 0.6) is 0 Å². The van der Waals surface area contributed by atoms with Gasteiger partial charge in [0.2, 0.25) is 0 Å². The Morgan fingerprint density at radius 1 is 1.11 bits per heavy atom. The molecule has 1 fully saturated rings. The van der Waals surface area contributed by atoms with Crippen LogP contribution in [0.25, 0.3) is 11.2 Å². The lowest BCUT2D eigenvalue weighted by Crippen LogP contribution is -2.38. The standard InChI is InChI=1S/C19H25FN8/c1-4-14-15(20)18(23-10-21-14)26(2)9-13-5-7-28(8-6-13)19-16-17(22-11-24-19)25-12-27(16)3/h10-13H,4-9H2,1-3H3. The van der Waals surface area contributed by atoms with E-state index >= 15 is 0 Å². The summed E-state index contributed by atoms with van der Waals surface area (Å²) in [6.07, 6.45) is 7.39. The molecule has 1 aliphatic rings. The zero-order chi connectivity index (χ0) is 19.7. The number of imidazole rings is 1. The second kappa shape index (κ2) is 7.65. The number of hydrogen-bond donors (Lipinski definition) is 0. The molecular formula is C19H25FN8. The molecule has 1 aliphatic heterocycles. The molecule has 3 aromatic rings. The Morgan fingerprint density at radius 3 is 2.61 bits per heavy atom. The Kier molecular flexibility index (Phi) is 5.06. The quantitative estimate of drug-likeness (QED) is 0.667. The van der Waals surface area contributed by atoms with Crippen LogP contribution in [0.3, 0.4) is 0 Å². The van der Waals surface area contributed by atoms with E-state index in [0.29, 0.717) is 23.9 Å². The van der Waals surface area contributed by atoms with E-state index in [2.05, 4.69) is 29.8 Å². The molecule has 0 unspecified atom stereocenters. The summed E-state index contributed by atoms with van der Waals surface area (Å²) >= 11 is 0. The third kappa shape index (κ3) is 3.36. The van der Waals surface area contributed by atoms with Gasteiger partial charge in [-0.3, -0.25) is 0 Å². The Bertz CT molecular complexity index is 964. The van der Waals surface area contributed by atoms with Crippen LogP contribution in [-0.2, 0) is 13.5 Å². The normalized spacial score (nSPS) is 15.4. The number of nitrogens with zero attached hydrogens (tertiary/aromatic N) is 8. The molecule has 8 nitrogen and oxygen atoms in total. The molecule has 1 saturated heterocycles. The van der Waals surface area contributed by atoms with Gasteiger partial charge in [-0.05, 0) is 25.2 Å². The first-order chi connectivity index (χ1) is 13.6. The van der Waals surface area contributed by atoms with E-state index < -0.39 is 0 Å². The summed E-state index contributed by atoms with van der Waals surface area (Å²) in [6.45, 7) is 4.48. The first-order valence-electron chi connectivity index (χ1n) is 9.66. The zero-order valence-corrected chi connectivity index (χ0v) is 16.5. The Morgan fingerprint density at radius 2 is 1.86 bits per heavy atom. The van der Waals surface area contributed by atoms with E-state index in [9.17, 15) is 4.39 Å². The first kappa shape index (κ1) is 18.5. The highest BCUT2D eigenvalue weighted by molar-refractivity contribution is 5.83. The molecule has 3 aromatic heterocycles. The molecule has 28 heavy (non-hydrogen) atoms. The average molecular weight is 384 g/mol. The van der Waals surface area contributed by atoms with E-state index in [1.165, 1.54) is 6.33 Å². The fourth-order valence-electron chi connectivity index (χ4n) is 3.91. The van der Waals surface area contributed by atoms with Gasteiger partial charge >= 0.3 is 0 Å². The summed E-state index contributed by atoms with van der Waals surface area (Å²) in [5, 5.41) is 0. The van der Waals surface area contributed by atoms with Gasteiger partial charge in [-0.1, -0.05) is 6.92 Å². The smallest absolute Gasteiger partial charge is 0.187 e. The van der Waals surface area contributed by atoms with Crippen LogP contribution >= 0.6 is 0 Å². The number of fused-ring (bicyclic) bond motifs is 1. The van der Waals surface area contributed by atoms with Crippen LogP contribution in [0.2, 0.25) is 0 Å². The highest BCUT2D eigenvalue weighted by atomic mass is 19.1.